The fourth-order valence-electron chi connectivity index (χ4n) is 1.30. The van der Waals surface area contributed by atoms with Crippen LogP contribution in [0.5, 0.6) is 0 Å². The van der Waals surface area contributed by atoms with E-state index in [0.29, 0.717) is 5.92 Å². The van der Waals surface area contributed by atoms with Crippen LogP contribution in [0.2, 0.25) is 0 Å². The number of aromatic nitrogens is 2. The first-order chi connectivity index (χ1) is 8.39. The highest BCUT2D eigenvalue weighted by Gasteiger charge is 2.24. The van der Waals surface area contributed by atoms with Crippen molar-refractivity contribution in [2.45, 2.75) is 38.9 Å². The lowest BCUT2D eigenvalue weighted by Crippen LogP contribution is -2.25. The summed E-state index contributed by atoms with van der Waals surface area (Å²) < 4.78 is 25.9. The van der Waals surface area contributed by atoms with Crippen LogP contribution in [0.15, 0.2) is 0 Å². The minimum Gasteiger partial charge on any atom is -0.256 e. The molecular weight excluding hydrogens is 272 g/mol. The highest BCUT2D eigenvalue weighted by Crippen LogP contribution is 2.20. The van der Waals surface area contributed by atoms with E-state index in [9.17, 15) is 8.42 Å². The first-order valence-corrected chi connectivity index (χ1v) is 7.99. The lowest BCUT2D eigenvalue weighted by atomic mass is 10.1. The third kappa shape index (κ3) is 3.92. The number of hydrogen-bond donors (Lipinski definition) is 1. The predicted molar refractivity (Wildman–Crippen MR) is 70.7 cm³/mol. The molecule has 8 heteroatoms. The predicted octanol–water partition coefficient (Wildman–Crippen LogP) is 1.78. The molecule has 0 aromatic carbocycles. The molecule has 0 spiro atoms. The van der Waals surface area contributed by atoms with Crippen molar-refractivity contribution < 1.29 is 8.42 Å². The SMILES string of the molecule is CCC(C#N)S(=O)(=O)Nc1nnc(CC(C)C)s1. The molecule has 1 rings (SSSR count). The van der Waals surface area contributed by atoms with Crippen LogP contribution in [0.1, 0.15) is 32.2 Å². The minimum absolute atomic E-state index is 0.222. The van der Waals surface area contributed by atoms with Gasteiger partial charge >= 0.3 is 0 Å². The smallest absolute Gasteiger partial charge is 0.250 e. The Morgan fingerprint density at radius 1 is 1.44 bits per heavy atom. The summed E-state index contributed by atoms with van der Waals surface area (Å²) in [6.07, 6.45) is 0.998. The van der Waals surface area contributed by atoms with Crippen LogP contribution in [0.4, 0.5) is 5.13 Å². The Morgan fingerprint density at radius 3 is 2.61 bits per heavy atom. The number of nitriles is 1. The molecular formula is C10H16N4O2S2. The van der Waals surface area contributed by atoms with Crippen molar-refractivity contribution in [1.82, 2.24) is 10.2 Å². The number of hydrogen-bond acceptors (Lipinski definition) is 6. The van der Waals surface area contributed by atoms with Gasteiger partial charge in [-0.15, -0.1) is 10.2 Å². The van der Waals surface area contributed by atoms with Gasteiger partial charge in [-0.05, 0) is 12.3 Å². The van der Waals surface area contributed by atoms with Crippen LogP contribution >= 0.6 is 11.3 Å². The van der Waals surface area contributed by atoms with E-state index in [-0.39, 0.29) is 11.6 Å². The lowest BCUT2D eigenvalue weighted by Gasteiger charge is -2.07. The van der Waals surface area contributed by atoms with Crippen molar-refractivity contribution in [1.29, 1.82) is 5.26 Å². The van der Waals surface area contributed by atoms with Gasteiger partial charge in [0, 0.05) is 6.42 Å². The van der Waals surface area contributed by atoms with Gasteiger partial charge in [0.05, 0.1) is 6.07 Å². The van der Waals surface area contributed by atoms with Gasteiger partial charge < -0.3 is 0 Å². The maximum Gasteiger partial charge on any atom is 0.250 e. The fraction of sp³-hybridized carbons (Fsp3) is 0.700. The molecule has 0 aliphatic carbocycles. The molecule has 1 atom stereocenters. The maximum absolute atomic E-state index is 11.8. The van der Waals surface area contributed by atoms with Gasteiger partial charge in [-0.3, -0.25) is 4.72 Å². The van der Waals surface area contributed by atoms with E-state index >= 15 is 0 Å². The summed E-state index contributed by atoms with van der Waals surface area (Å²) in [7, 11) is -3.69. The monoisotopic (exact) mass is 288 g/mol. The van der Waals surface area contributed by atoms with Crippen molar-refractivity contribution in [3.63, 3.8) is 0 Å². The lowest BCUT2D eigenvalue weighted by molar-refractivity contribution is 0.592. The molecule has 0 amide bonds. The minimum atomic E-state index is -3.69. The molecule has 1 heterocycles. The first kappa shape index (κ1) is 14.9. The third-order valence-electron chi connectivity index (χ3n) is 2.17. The molecule has 0 radical (unpaired) electrons. The second kappa shape index (κ2) is 6.11. The highest BCUT2D eigenvalue weighted by molar-refractivity contribution is 7.93. The molecule has 0 fully saturated rings. The van der Waals surface area contributed by atoms with E-state index in [2.05, 4.69) is 14.9 Å². The molecule has 100 valence electrons. The average molecular weight is 288 g/mol. The number of nitrogens with one attached hydrogen (secondary N) is 1. The summed E-state index contributed by atoms with van der Waals surface area (Å²) in [5.41, 5.74) is 0. The van der Waals surface area contributed by atoms with E-state index in [4.69, 9.17) is 5.26 Å². The molecule has 6 nitrogen and oxygen atoms in total. The number of rotatable bonds is 6. The summed E-state index contributed by atoms with van der Waals surface area (Å²) in [5.74, 6) is 0.435. The fourth-order valence-corrected chi connectivity index (χ4v) is 3.62. The highest BCUT2D eigenvalue weighted by atomic mass is 32.2. The van der Waals surface area contributed by atoms with Gasteiger partial charge in [0.25, 0.3) is 10.0 Å². The summed E-state index contributed by atoms with van der Waals surface area (Å²) >= 11 is 1.20. The Morgan fingerprint density at radius 2 is 2.11 bits per heavy atom. The van der Waals surface area contributed by atoms with Crippen molar-refractivity contribution in [2.24, 2.45) is 5.92 Å². The van der Waals surface area contributed by atoms with E-state index < -0.39 is 15.3 Å². The summed E-state index contributed by atoms with van der Waals surface area (Å²) in [5, 5.41) is 16.4. The molecule has 0 saturated carbocycles. The molecule has 0 aliphatic rings. The summed E-state index contributed by atoms with van der Waals surface area (Å²) in [4.78, 5) is 0. The van der Waals surface area contributed by atoms with Crippen LogP contribution < -0.4 is 4.72 Å². The Balaban J connectivity index is 2.79. The zero-order chi connectivity index (χ0) is 13.8. The molecule has 1 aromatic rings. The topological polar surface area (TPSA) is 95.7 Å². The van der Waals surface area contributed by atoms with Crippen LogP contribution in [-0.2, 0) is 16.4 Å². The van der Waals surface area contributed by atoms with Gasteiger partial charge in [-0.1, -0.05) is 32.1 Å². The second-order valence-electron chi connectivity index (χ2n) is 4.27. The zero-order valence-electron chi connectivity index (χ0n) is 10.5. The number of sulfonamides is 1. The van der Waals surface area contributed by atoms with Crippen molar-refractivity contribution in [3.05, 3.63) is 5.01 Å². The molecule has 0 saturated heterocycles. The van der Waals surface area contributed by atoms with Crippen molar-refractivity contribution in [3.8, 4) is 6.07 Å². The van der Waals surface area contributed by atoms with Crippen LogP contribution in [0, 0.1) is 17.2 Å². The summed E-state index contributed by atoms with van der Waals surface area (Å²) in [6.45, 7) is 5.75. The largest absolute Gasteiger partial charge is 0.256 e. The maximum atomic E-state index is 11.8. The van der Waals surface area contributed by atoms with Crippen LogP contribution in [-0.4, -0.2) is 23.9 Å². The molecule has 0 aliphatic heterocycles. The van der Waals surface area contributed by atoms with Gasteiger partial charge in [0.15, 0.2) is 5.25 Å². The first-order valence-electron chi connectivity index (χ1n) is 5.62. The van der Waals surface area contributed by atoms with E-state index in [1.54, 1.807) is 13.0 Å². The van der Waals surface area contributed by atoms with Crippen molar-refractivity contribution >= 4 is 26.5 Å². The molecule has 0 bridgehead atoms. The van der Waals surface area contributed by atoms with E-state index in [1.807, 2.05) is 13.8 Å². The zero-order valence-corrected chi connectivity index (χ0v) is 12.2. The summed E-state index contributed by atoms with van der Waals surface area (Å²) in [6, 6.07) is 1.76. The Kier molecular flexibility index (Phi) is 5.04. The average Bonchev–Trinajstić information content (AvgIpc) is 2.64. The molecule has 1 unspecified atom stereocenters. The third-order valence-corrected chi connectivity index (χ3v) is 4.82. The Bertz CT molecular complexity index is 530. The molecule has 1 N–H and O–H groups in total. The second-order valence-corrected chi connectivity index (χ2v) is 7.20. The standard InChI is InChI=1S/C10H16N4O2S2/c1-4-8(6-11)18(15,16)14-10-13-12-9(17-10)5-7(2)3/h7-8H,4-5H2,1-3H3,(H,13,14). The Labute approximate surface area is 111 Å². The quantitative estimate of drug-likeness (QED) is 0.860. The molecule has 18 heavy (non-hydrogen) atoms. The van der Waals surface area contributed by atoms with E-state index in [0.717, 1.165) is 11.4 Å². The van der Waals surface area contributed by atoms with Gasteiger partial charge in [-0.2, -0.15) is 5.26 Å². The van der Waals surface area contributed by atoms with Crippen LogP contribution in [0.25, 0.3) is 0 Å². The van der Waals surface area contributed by atoms with Crippen molar-refractivity contribution in [2.75, 3.05) is 4.72 Å². The normalized spacial score (nSPS) is 13.3. The number of anilines is 1. The van der Waals surface area contributed by atoms with Gasteiger partial charge in [-0.25, -0.2) is 8.42 Å². The van der Waals surface area contributed by atoms with E-state index in [1.165, 1.54) is 11.3 Å². The van der Waals surface area contributed by atoms with Crippen LogP contribution in [0.3, 0.4) is 0 Å². The molecule has 1 aromatic heterocycles. The Hall–Kier alpha value is -1.20. The van der Waals surface area contributed by atoms with Gasteiger partial charge in [0.2, 0.25) is 5.13 Å². The number of nitrogens with zero attached hydrogens (tertiary/aromatic N) is 3. The van der Waals surface area contributed by atoms with Gasteiger partial charge in [0.1, 0.15) is 5.01 Å².